The third-order valence-electron chi connectivity index (χ3n) is 6.49. The van der Waals surface area contributed by atoms with Gasteiger partial charge in [-0.15, -0.1) is 11.3 Å². The average molecular weight is 650 g/mol. The number of nitrogens with one attached hydrogen (secondary N) is 2. The Morgan fingerprint density at radius 3 is 2.60 bits per heavy atom. The lowest BCUT2D eigenvalue weighted by Crippen LogP contribution is -2.46. The van der Waals surface area contributed by atoms with Crippen LogP contribution in [0.1, 0.15) is 36.9 Å². The van der Waals surface area contributed by atoms with Crippen molar-refractivity contribution in [1.29, 1.82) is 0 Å². The zero-order chi connectivity index (χ0) is 30.9. The van der Waals surface area contributed by atoms with E-state index < -0.39 is 41.3 Å². The summed E-state index contributed by atoms with van der Waals surface area (Å²) in [5, 5.41) is 5.18. The van der Waals surface area contributed by atoms with Gasteiger partial charge in [0.25, 0.3) is 11.8 Å². The Labute approximate surface area is 256 Å². The molecular formula is C28H20Cl2F3N5O4S. The maximum Gasteiger partial charge on any atom is 0.421 e. The number of alkyl halides is 3. The number of nitrogens with zero attached hydrogens (tertiary/aromatic N) is 3. The number of benzene rings is 1. The van der Waals surface area contributed by atoms with E-state index in [2.05, 4.69) is 20.6 Å². The van der Waals surface area contributed by atoms with Gasteiger partial charge in [0.05, 0.1) is 27.7 Å². The minimum atomic E-state index is -4.69. The number of anilines is 2. The highest BCUT2D eigenvalue weighted by molar-refractivity contribution is 7.18. The van der Waals surface area contributed by atoms with Crippen LogP contribution in [0.2, 0.25) is 9.36 Å². The molecule has 4 aromatic rings. The summed E-state index contributed by atoms with van der Waals surface area (Å²) >= 11 is 13.6. The highest BCUT2D eigenvalue weighted by atomic mass is 35.5. The monoisotopic (exact) mass is 649 g/mol. The van der Waals surface area contributed by atoms with Crippen molar-refractivity contribution in [2.24, 2.45) is 0 Å². The molecule has 0 fully saturated rings. The Morgan fingerprint density at radius 2 is 1.93 bits per heavy atom. The molecule has 0 bridgehead atoms. The van der Waals surface area contributed by atoms with Crippen molar-refractivity contribution in [2.75, 3.05) is 17.7 Å². The van der Waals surface area contributed by atoms with Gasteiger partial charge < -0.3 is 20.3 Å². The van der Waals surface area contributed by atoms with Gasteiger partial charge in [-0.3, -0.25) is 19.4 Å². The number of hydrogen-bond donors (Lipinski definition) is 2. The Hall–Kier alpha value is -4.20. The van der Waals surface area contributed by atoms with E-state index in [4.69, 9.17) is 27.9 Å². The predicted molar refractivity (Wildman–Crippen MR) is 155 cm³/mol. The van der Waals surface area contributed by atoms with Crippen LogP contribution in [0.3, 0.4) is 0 Å². The first-order chi connectivity index (χ1) is 20.4. The lowest BCUT2D eigenvalue weighted by atomic mass is 10.1. The second-order valence-corrected chi connectivity index (χ2v) is 11.4. The molecule has 4 heterocycles. The molecule has 222 valence electrons. The minimum absolute atomic E-state index is 0.00160. The van der Waals surface area contributed by atoms with Crippen LogP contribution < -0.4 is 15.4 Å². The number of methoxy groups -OCH3 is 1. The van der Waals surface area contributed by atoms with Gasteiger partial charge in [0.15, 0.2) is 0 Å². The standard InChI is InChI=1S/C28H20Cl2F3N5O4S/c1-42-21-11-23(35-12-17(21)28(31,32)33)37-25(39)16-6-5-14(8-18(16)29)13-38-20(9-15-4-2-3-7-34-15)26(40)36-19-10-22(30)43-24(19)27(38)41/h2-8,10-12,20H,9,13H2,1H3,(H,36,40)(H,35,37,39). The molecule has 5 rings (SSSR count). The third-order valence-corrected chi connectivity index (χ3v) is 8.05. The Morgan fingerprint density at radius 1 is 1.14 bits per heavy atom. The summed E-state index contributed by atoms with van der Waals surface area (Å²) in [6.07, 6.45) is -2.41. The predicted octanol–water partition coefficient (Wildman–Crippen LogP) is 6.33. The Kier molecular flexibility index (Phi) is 8.58. The highest BCUT2D eigenvalue weighted by Gasteiger charge is 2.37. The average Bonchev–Trinajstić information content (AvgIpc) is 3.30. The molecule has 1 aromatic carbocycles. The summed E-state index contributed by atoms with van der Waals surface area (Å²) in [5.74, 6) is -2.28. The summed E-state index contributed by atoms with van der Waals surface area (Å²) < 4.78 is 44.6. The van der Waals surface area contributed by atoms with Crippen molar-refractivity contribution in [3.05, 3.63) is 97.5 Å². The summed E-state index contributed by atoms with van der Waals surface area (Å²) in [7, 11) is 1.07. The largest absolute Gasteiger partial charge is 0.496 e. The number of pyridine rings is 2. The number of hydrogen-bond acceptors (Lipinski definition) is 7. The molecule has 0 spiro atoms. The van der Waals surface area contributed by atoms with Crippen LogP contribution >= 0.6 is 34.5 Å². The van der Waals surface area contributed by atoms with Gasteiger partial charge in [-0.25, -0.2) is 4.98 Å². The van der Waals surface area contributed by atoms with Crippen molar-refractivity contribution in [2.45, 2.75) is 25.2 Å². The summed E-state index contributed by atoms with van der Waals surface area (Å²) in [5.41, 5.74) is 0.335. The van der Waals surface area contributed by atoms with Gasteiger partial charge >= 0.3 is 6.18 Å². The van der Waals surface area contributed by atoms with Crippen LogP contribution in [0.25, 0.3) is 0 Å². The van der Waals surface area contributed by atoms with Gasteiger partial charge in [0.2, 0.25) is 5.91 Å². The van der Waals surface area contributed by atoms with Crippen LogP contribution in [-0.4, -0.2) is 45.7 Å². The van der Waals surface area contributed by atoms with Crippen LogP contribution in [0, 0.1) is 0 Å². The van der Waals surface area contributed by atoms with Gasteiger partial charge in [0, 0.05) is 37.1 Å². The molecule has 0 saturated carbocycles. The van der Waals surface area contributed by atoms with E-state index in [1.54, 1.807) is 30.5 Å². The van der Waals surface area contributed by atoms with Crippen LogP contribution in [0.4, 0.5) is 24.7 Å². The van der Waals surface area contributed by atoms with Crippen molar-refractivity contribution in [3.8, 4) is 5.75 Å². The van der Waals surface area contributed by atoms with Crippen LogP contribution in [0.15, 0.2) is 60.9 Å². The molecule has 1 aliphatic heterocycles. The van der Waals surface area contributed by atoms with Crippen molar-refractivity contribution in [1.82, 2.24) is 14.9 Å². The molecule has 15 heteroatoms. The van der Waals surface area contributed by atoms with Crippen LogP contribution in [0.5, 0.6) is 5.75 Å². The number of amides is 3. The topological polar surface area (TPSA) is 114 Å². The second-order valence-electron chi connectivity index (χ2n) is 9.29. The van der Waals surface area contributed by atoms with E-state index in [0.29, 0.717) is 27.5 Å². The molecule has 1 aliphatic rings. The molecule has 0 aliphatic carbocycles. The molecule has 1 unspecified atom stereocenters. The third kappa shape index (κ3) is 6.58. The van der Waals surface area contributed by atoms with E-state index in [1.807, 2.05) is 0 Å². The molecule has 1 atom stereocenters. The molecule has 0 radical (unpaired) electrons. The van der Waals surface area contributed by atoms with E-state index in [0.717, 1.165) is 24.5 Å². The minimum Gasteiger partial charge on any atom is -0.496 e. The van der Waals surface area contributed by atoms with E-state index in [1.165, 1.54) is 23.1 Å². The number of ether oxygens (including phenoxy) is 1. The van der Waals surface area contributed by atoms with E-state index in [-0.39, 0.29) is 34.2 Å². The molecule has 9 nitrogen and oxygen atoms in total. The lowest BCUT2D eigenvalue weighted by Gasteiger charge is -2.28. The number of thiophene rings is 1. The highest BCUT2D eigenvalue weighted by Crippen LogP contribution is 2.37. The quantitative estimate of drug-likeness (QED) is 0.242. The van der Waals surface area contributed by atoms with E-state index in [9.17, 15) is 27.6 Å². The number of carbonyl (C=O) groups is 3. The number of aromatic nitrogens is 2. The van der Waals surface area contributed by atoms with Crippen LogP contribution in [-0.2, 0) is 23.9 Å². The van der Waals surface area contributed by atoms with Crippen molar-refractivity contribution < 1.29 is 32.3 Å². The second kappa shape index (κ2) is 12.2. The van der Waals surface area contributed by atoms with Gasteiger partial charge in [0.1, 0.15) is 28.0 Å². The fourth-order valence-electron chi connectivity index (χ4n) is 4.45. The maximum atomic E-state index is 13.7. The fraction of sp³-hybridized carbons (Fsp3) is 0.179. The van der Waals surface area contributed by atoms with E-state index >= 15 is 0 Å². The number of carbonyl (C=O) groups excluding carboxylic acids is 3. The molecule has 0 saturated heterocycles. The van der Waals surface area contributed by atoms with Gasteiger partial charge in [-0.05, 0) is 35.9 Å². The van der Waals surface area contributed by atoms with Crippen molar-refractivity contribution >= 4 is 63.8 Å². The normalized spacial score (nSPS) is 15.0. The van der Waals surface area contributed by atoms with Gasteiger partial charge in [-0.1, -0.05) is 35.3 Å². The first-order valence-corrected chi connectivity index (χ1v) is 14.0. The lowest BCUT2D eigenvalue weighted by molar-refractivity contribution is -0.139. The summed E-state index contributed by atoms with van der Waals surface area (Å²) in [6.45, 7) is -0.0437. The molecule has 3 aromatic heterocycles. The van der Waals surface area contributed by atoms with Gasteiger partial charge in [-0.2, -0.15) is 13.2 Å². The zero-order valence-electron chi connectivity index (χ0n) is 22.0. The zero-order valence-corrected chi connectivity index (χ0v) is 24.4. The number of halogens is 5. The Bertz CT molecular complexity index is 1720. The van der Waals surface area contributed by atoms with Crippen molar-refractivity contribution in [3.63, 3.8) is 0 Å². The number of fused-ring (bicyclic) bond motifs is 1. The SMILES string of the molecule is COc1cc(NC(=O)c2ccc(CN3C(=O)c4sc(Cl)cc4NC(=O)C3Cc3ccccn3)cc2Cl)ncc1C(F)(F)F. The first-order valence-electron chi connectivity index (χ1n) is 12.5. The molecule has 3 amide bonds. The molecule has 2 N–H and O–H groups in total. The smallest absolute Gasteiger partial charge is 0.421 e. The first kappa shape index (κ1) is 30.3. The maximum absolute atomic E-state index is 13.7. The molecule has 43 heavy (non-hydrogen) atoms. The fourth-order valence-corrected chi connectivity index (χ4v) is 5.88. The summed E-state index contributed by atoms with van der Waals surface area (Å²) in [6, 6.07) is 11.2. The number of rotatable bonds is 7. The summed E-state index contributed by atoms with van der Waals surface area (Å²) in [4.78, 5) is 49.5. The Balaban J connectivity index is 1.40. The molecular weight excluding hydrogens is 630 g/mol.